The summed E-state index contributed by atoms with van der Waals surface area (Å²) in [5.74, 6) is -0.777. The molecule has 4 nitrogen and oxygen atoms in total. The zero-order valence-electron chi connectivity index (χ0n) is 11.9. The molecule has 0 aliphatic carbocycles. The summed E-state index contributed by atoms with van der Waals surface area (Å²) in [5.41, 5.74) is 3.92. The summed E-state index contributed by atoms with van der Waals surface area (Å²) in [6.07, 6.45) is 0. The number of likely N-dealkylation sites (N-methyl/N-ethyl adjacent to an activating group) is 1. The maximum absolute atomic E-state index is 11.6. The van der Waals surface area contributed by atoms with Crippen LogP contribution >= 0.6 is 34.8 Å². The average Bonchev–Trinajstić information content (AvgIpc) is 2.47. The van der Waals surface area contributed by atoms with E-state index in [1.54, 1.807) is 0 Å². The van der Waals surface area contributed by atoms with Crippen LogP contribution in [0.3, 0.4) is 0 Å². The molecule has 0 aromatic heterocycles. The molecule has 0 saturated carbocycles. The van der Waals surface area contributed by atoms with Gasteiger partial charge in [-0.2, -0.15) is 5.10 Å². The van der Waals surface area contributed by atoms with E-state index in [2.05, 4.69) is 29.3 Å². The van der Waals surface area contributed by atoms with Crippen LogP contribution in [0.25, 0.3) is 0 Å². The summed E-state index contributed by atoms with van der Waals surface area (Å²) >= 11 is 16.5. The van der Waals surface area contributed by atoms with Gasteiger partial charge >= 0.3 is 0 Å². The fourth-order valence-electron chi connectivity index (χ4n) is 1.66. The first-order valence-corrected chi connectivity index (χ1v) is 7.73. The Morgan fingerprint density at radius 3 is 2.24 bits per heavy atom. The lowest BCUT2D eigenvalue weighted by atomic mass is 10.1. The van der Waals surface area contributed by atoms with Gasteiger partial charge in [0.1, 0.15) is 0 Å². The van der Waals surface area contributed by atoms with E-state index in [1.165, 1.54) is 0 Å². The van der Waals surface area contributed by atoms with Gasteiger partial charge in [0.05, 0.1) is 5.71 Å². The second-order valence-corrected chi connectivity index (χ2v) is 6.61. The molecule has 0 aliphatic heterocycles. The molecule has 0 spiro atoms. The van der Waals surface area contributed by atoms with Crippen molar-refractivity contribution in [2.75, 3.05) is 19.6 Å². The number of rotatable bonds is 6. The zero-order valence-corrected chi connectivity index (χ0v) is 14.2. The molecule has 7 heteroatoms. The van der Waals surface area contributed by atoms with Gasteiger partial charge in [0.2, 0.25) is 0 Å². The molecule has 1 N–H and O–H groups in total. The van der Waals surface area contributed by atoms with Crippen molar-refractivity contribution >= 4 is 46.4 Å². The third-order valence-electron chi connectivity index (χ3n) is 2.92. The Kier molecular flexibility index (Phi) is 7.46. The van der Waals surface area contributed by atoms with E-state index in [-0.39, 0.29) is 0 Å². The van der Waals surface area contributed by atoms with Crippen molar-refractivity contribution in [2.45, 2.75) is 17.6 Å². The van der Waals surface area contributed by atoms with Crippen LogP contribution in [-0.4, -0.2) is 39.9 Å². The second kappa shape index (κ2) is 8.59. The van der Waals surface area contributed by atoms with Crippen molar-refractivity contribution in [1.82, 2.24) is 10.3 Å². The van der Waals surface area contributed by atoms with Crippen LogP contribution in [0.4, 0.5) is 0 Å². The summed E-state index contributed by atoms with van der Waals surface area (Å²) in [6.45, 7) is 6.47. The zero-order chi connectivity index (χ0) is 15.9. The number of carbonyl (C=O) groups is 1. The van der Waals surface area contributed by atoms with Gasteiger partial charge in [0, 0.05) is 6.54 Å². The molecule has 1 rings (SSSR count). The van der Waals surface area contributed by atoms with Crippen LogP contribution in [0.5, 0.6) is 0 Å². The molecule has 0 aliphatic rings. The highest BCUT2D eigenvalue weighted by Gasteiger charge is 2.30. The number of hydrogen-bond donors (Lipinski definition) is 1. The van der Waals surface area contributed by atoms with Crippen LogP contribution in [0.15, 0.2) is 35.4 Å². The summed E-state index contributed by atoms with van der Waals surface area (Å²) in [6, 6.07) is 9.57. The first-order valence-electron chi connectivity index (χ1n) is 6.60. The van der Waals surface area contributed by atoms with Gasteiger partial charge in [-0.25, -0.2) is 5.43 Å². The minimum atomic E-state index is -2.03. The summed E-state index contributed by atoms with van der Waals surface area (Å²) in [4.78, 5) is 13.8. The first kappa shape index (κ1) is 18.2. The molecule has 1 amide bonds. The standard InChI is InChI=1S/C14H18Cl3N3O/c1-3-20(4-2)10-12(11-8-6-5-7-9-11)18-19-13(21)14(15,16)17/h5-9H,3-4,10H2,1-2H3,(H,19,21)/b18-12-. The Balaban J connectivity index is 2.94. The van der Waals surface area contributed by atoms with Crippen molar-refractivity contribution in [3.05, 3.63) is 35.9 Å². The number of nitrogens with one attached hydrogen (secondary N) is 1. The van der Waals surface area contributed by atoms with Gasteiger partial charge in [-0.15, -0.1) is 0 Å². The minimum absolute atomic E-state index is 0.594. The van der Waals surface area contributed by atoms with Gasteiger partial charge in [-0.1, -0.05) is 79.0 Å². The van der Waals surface area contributed by atoms with Crippen LogP contribution in [0.2, 0.25) is 0 Å². The van der Waals surface area contributed by atoms with Gasteiger partial charge in [0.15, 0.2) is 0 Å². The molecule has 0 saturated heterocycles. The number of amides is 1. The summed E-state index contributed by atoms with van der Waals surface area (Å²) < 4.78 is -2.03. The van der Waals surface area contributed by atoms with E-state index >= 15 is 0 Å². The van der Waals surface area contributed by atoms with E-state index in [0.717, 1.165) is 18.7 Å². The maximum atomic E-state index is 11.6. The Hall–Kier alpha value is -0.810. The first-order chi connectivity index (χ1) is 9.88. The molecule has 0 bridgehead atoms. The van der Waals surface area contributed by atoms with Crippen molar-refractivity contribution in [3.63, 3.8) is 0 Å². The van der Waals surface area contributed by atoms with Crippen LogP contribution < -0.4 is 5.43 Å². The fraction of sp³-hybridized carbons (Fsp3) is 0.429. The van der Waals surface area contributed by atoms with Crippen molar-refractivity contribution in [1.29, 1.82) is 0 Å². The normalized spacial score (nSPS) is 12.6. The number of halogens is 3. The number of nitrogens with zero attached hydrogens (tertiary/aromatic N) is 2. The predicted molar refractivity (Wildman–Crippen MR) is 89.2 cm³/mol. The van der Waals surface area contributed by atoms with E-state index in [4.69, 9.17) is 34.8 Å². The average molecular weight is 351 g/mol. The van der Waals surface area contributed by atoms with Crippen LogP contribution in [0, 0.1) is 0 Å². The van der Waals surface area contributed by atoms with Crippen LogP contribution in [-0.2, 0) is 4.79 Å². The molecule has 1 aromatic carbocycles. The molecule has 21 heavy (non-hydrogen) atoms. The largest absolute Gasteiger partial charge is 0.298 e. The smallest absolute Gasteiger partial charge is 0.292 e. The Labute approximate surface area is 140 Å². The lowest BCUT2D eigenvalue weighted by Crippen LogP contribution is -2.35. The lowest BCUT2D eigenvalue weighted by Gasteiger charge is -2.19. The van der Waals surface area contributed by atoms with Gasteiger partial charge in [-0.05, 0) is 18.7 Å². The summed E-state index contributed by atoms with van der Waals surface area (Å²) in [5, 5.41) is 4.12. The van der Waals surface area contributed by atoms with E-state index < -0.39 is 9.70 Å². The Bertz CT molecular complexity index is 482. The maximum Gasteiger partial charge on any atom is 0.292 e. The summed E-state index contributed by atoms with van der Waals surface area (Å²) in [7, 11) is 0. The SMILES string of the molecule is CCN(CC)C/C(=N/NC(=O)C(Cl)(Cl)Cl)c1ccccc1. The molecule has 0 heterocycles. The molecule has 0 atom stereocenters. The fourth-order valence-corrected chi connectivity index (χ4v) is 1.79. The molecule has 0 unspecified atom stereocenters. The van der Waals surface area contributed by atoms with Crippen LogP contribution in [0.1, 0.15) is 19.4 Å². The molecule has 1 aromatic rings. The quantitative estimate of drug-likeness (QED) is 0.486. The Morgan fingerprint density at radius 2 is 1.76 bits per heavy atom. The third-order valence-corrected chi connectivity index (χ3v) is 3.44. The predicted octanol–water partition coefficient (Wildman–Crippen LogP) is 3.22. The lowest BCUT2D eigenvalue weighted by molar-refractivity contribution is -0.120. The molecule has 0 fully saturated rings. The number of alkyl halides is 3. The van der Waals surface area contributed by atoms with Gasteiger partial charge < -0.3 is 0 Å². The molecule has 0 radical (unpaired) electrons. The van der Waals surface area contributed by atoms with Crippen molar-refractivity contribution < 1.29 is 4.79 Å². The topological polar surface area (TPSA) is 44.7 Å². The molecular formula is C14H18Cl3N3O. The monoisotopic (exact) mass is 349 g/mol. The van der Waals surface area contributed by atoms with E-state index in [0.29, 0.717) is 12.3 Å². The number of hydrazone groups is 1. The van der Waals surface area contributed by atoms with Crippen molar-refractivity contribution in [3.8, 4) is 0 Å². The van der Waals surface area contributed by atoms with Gasteiger partial charge in [-0.3, -0.25) is 9.69 Å². The van der Waals surface area contributed by atoms with E-state index in [1.807, 2.05) is 30.3 Å². The van der Waals surface area contributed by atoms with Crippen molar-refractivity contribution in [2.24, 2.45) is 5.10 Å². The minimum Gasteiger partial charge on any atom is -0.298 e. The highest BCUT2D eigenvalue weighted by molar-refractivity contribution is 6.76. The molecular weight excluding hydrogens is 333 g/mol. The number of hydrogen-bond acceptors (Lipinski definition) is 3. The second-order valence-electron chi connectivity index (χ2n) is 4.32. The third kappa shape index (κ3) is 6.22. The highest BCUT2D eigenvalue weighted by Crippen LogP contribution is 2.25. The number of benzene rings is 1. The Morgan fingerprint density at radius 1 is 1.19 bits per heavy atom. The van der Waals surface area contributed by atoms with Gasteiger partial charge in [0.25, 0.3) is 9.70 Å². The molecule has 116 valence electrons. The highest BCUT2D eigenvalue weighted by atomic mass is 35.6. The number of carbonyl (C=O) groups excluding carboxylic acids is 1. The van der Waals surface area contributed by atoms with E-state index in [9.17, 15) is 4.79 Å².